The van der Waals surface area contributed by atoms with Gasteiger partial charge in [0.05, 0.1) is 5.88 Å². The molecule has 12 heavy (non-hydrogen) atoms. The summed E-state index contributed by atoms with van der Waals surface area (Å²) in [5, 5.41) is 0. The van der Waals surface area contributed by atoms with Crippen molar-refractivity contribution in [3.63, 3.8) is 0 Å². The van der Waals surface area contributed by atoms with Gasteiger partial charge >= 0.3 is 0 Å². The van der Waals surface area contributed by atoms with Gasteiger partial charge in [-0.05, 0) is 30.7 Å². The van der Waals surface area contributed by atoms with Gasteiger partial charge in [0.25, 0.3) is 0 Å². The van der Waals surface area contributed by atoms with E-state index in [2.05, 4.69) is 0 Å². The highest BCUT2D eigenvalue weighted by Crippen LogP contribution is 2.11. The molecule has 1 aromatic rings. The third-order valence-corrected chi connectivity index (χ3v) is 1.85. The lowest BCUT2D eigenvalue weighted by molar-refractivity contribution is 0.102. The summed E-state index contributed by atoms with van der Waals surface area (Å²) in [5.41, 5.74) is 1.12. The maximum absolute atomic E-state index is 12.6. The minimum atomic E-state index is -0.335. The summed E-state index contributed by atoms with van der Waals surface area (Å²) in [5.74, 6) is -0.570. The maximum atomic E-state index is 12.6. The van der Waals surface area contributed by atoms with E-state index < -0.39 is 0 Å². The van der Waals surface area contributed by atoms with Crippen molar-refractivity contribution in [2.24, 2.45) is 0 Å². The molecule has 0 aliphatic rings. The molecule has 0 unspecified atom stereocenters. The standard InChI is InChI=1S/C9H8ClFO/c1-6-4-7(11)2-3-8(6)9(12)5-10/h2-4H,5H2,1H3. The average Bonchev–Trinajstić information content (AvgIpc) is 2.03. The SMILES string of the molecule is Cc1cc(F)ccc1C(=O)CCl. The molecule has 0 aliphatic heterocycles. The number of benzene rings is 1. The fourth-order valence-corrected chi connectivity index (χ4v) is 1.16. The summed E-state index contributed by atoms with van der Waals surface area (Å²) < 4.78 is 12.6. The average molecular weight is 187 g/mol. The monoisotopic (exact) mass is 186 g/mol. The molecule has 1 aromatic carbocycles. The molecule has 0 amide bonds. The van der Waals surface area contributed by atoms with Gasteiger partial charge < -0.3 is 0 Å². The second kappa shape index (κ2) is 3.68. The van der Waals surface area contributed by atoms with E-state index in [4.69, 9.17) is 11.6 Å². The molecule has 0 heterocycles. The Morgan fingerprint density at radius 2 is 2.25 bits per heavy atom. The van der Waals surface area contributed by atoms with E-state index in [1.54, 1.807) is 6.92 Å². The summed E-state index contributed by atoms with van der Waals surface area (Å²) in [6.07, 6.45) is 0. The number of hydrogen-bond acceptors (Lipinski definition) is 1. The zero-order valence-electron chi connectivity index (χ0n) is 6.60. The number of hydrogen-bond donors (Lipinski definition) is 0. The zero-order valence-corrected chi connectivity index (χ0v) is 7.36. The number of carbonyl (C=O) groups is 1. The van der Waals surface area contributed by atoms with Gasteiger partial charge in [-0.2, -0.15) is 0 Å². The molecule has 0 bridgehead atoms. The number of carbonyl (C=O) groups excluding carboxylic acids is 1. The second-order valence-electron chi connectivity index (χ2n) is 2.52. The smallest absolute Gasteiger partial charge is 0.177 e. The van der Waals surface area contributed by atoms with E-state index in [0.29, 0.717) is 11.1 Å². The molecule has 0 fully saturated rings. The van der Waals surface area contributed by atoms with Crippen molar-refractivity contribution in [3.05, 3.63) is 35.1 Å². The first-order valence-corrected chi connectivity index (χ1v) is 4.04. The Hall–Kier alpha value is -0.890. The molecule has 0 spiro atoms. The van der Waals surface area contributed by atoms with Gasteiger partial charge in [-0.15, -0.1) is 11.6 Å². The van der Waals surface area contributed by atoms with Crippen LogP contribution in [0.15, 0.2) is 18.2 Å². The molecule has 0 radical (unpaired) electrons. The van der Waals surface area contributed by atoms with Crippen LogP contribution in [-0.2, 0) is 0 Å². The minimum Gasteiger partial charge on any atom is -0.293 e. The number of Topliss-reactive ketones (excluding diaryl/α,β-unsaturated/α-hetero) is 1. The highest BCUT2D eigenvalue weighted by Gasteiger charge is 2.07. The van der Waals surface area contributed by atoms with Crippen LogP contribution in [0.5, 0.6) is 0 Å². The summed E-state index contributed by atoms with van der Waals surface area (Å²) >= 11 is 5.35. The number of halogens is 2. The number of ketones is 1. The van der Waals surface area contributed by atoms with E-state index in [-0.39, 0.29) is 17.5 Å². The van der Waals surface area contributed by atoms with Crippen LogP contribution in [0.1, 0.15) is 15.9 Å². The lowest BCUT2D eigenvalue weighted by Gasteiger charge is -2.01. The third-order valence-electron chi connectivity index (χ3n) is 1.61. The molecule has 64 valence electrons. The van der Waals surface area contributed by atoms with Gasteiger partial charge in [-0.25, -0.2) is 4.39 Å². The number of rotatable bonds is 2. The highest BCUT2D eigenvalue weighted by molar-refractivity contribution is 6.30. The largest absolute Gasteiger partial charge is 0.293 e. The fraction of sp³-hybridized carbons (Fsp3) is 0.222. The van der Waals surface area contributed by atoms with Gasteiger partial charge in [-0.1, -0.05) is 0 Å². The zero-order chi connectivity index (χ0) is 9.14. The lowest BCUT2D eigenvalue weighted by atomic mass is 10.1. The maximum Gasteiger partial charge on any atom is 0.177 e. The van der Waals surface area contributed by atoms with Gasteiger partial charge in [-0.3, -0.25) is 4.79 Å². The minimum absolute atomic E-state index is 0.0630. The predicted octanol–water partition coefficient (Wildman–Crippen LogP) is 2.56. The number of alkyl halides is 1. The summed E-state index contributed by atoms with van der Waals surface area (Å²) in [4.78, 5) is 11.1. The molecule has 0 aromatic heterocycles. The fourth-order valence-electron chi connectivity index (χ4n) is 1.01. The van der Waals surface area contributed by atoms with E-state index in [9.17, 15) is 9.18 Å². The molecule has 1 rings (SSSR count). The molecule has 0 atom stereocenters. The van der Waals surface area contributed by atoms with Crippen molar-refractivity contribution in [1.82, 2.24) is 0 Å². The van der Waals surface area contributed by atoms with Crippen LogP contribution in [0.25, 0.3) is 0 Å². The molecule has 0 N–H and O–H groups in total. The van der Waals surface area contributed by atoms with Crippen molar-refractivity contribution in [2.45, 2.75) is 6.92 Å². The van der Waals surface area contributed by atoms with Crippen molar-refractivity contribution in [1.29, 1.82) is 0 Å². The molecule has 1 nitrogen and oxygen atoms in total. The van der Waals surface area contributed by atoms with Crippen LogP contribution >= 0.6 is 11.6 Å². The summed E-state index contributed by atoms with van der Waals surface area (Å²) in [7, 11) is 0. The van der Waals surface area contributed by atoms with Crippen LogP contribution in [0.3, 0.4) is 0 Å². The number of aryl methyl sites for hydroxylation is 1. The van der Waals surface area contributed by atoms with Gasteiger partial charge in [0.15, 0.2) is 5.78 Å². The Bertz CT molecular complexity index is 309. The first-order chi connectivity index (χ1) is 5.65. The molecule has 0 saturated heterocycles. The van der Waals surface area contributed by atoms with Gasteiger partial charge in [0, 0.05) is 5.56 Å². The summed E-state index contributed by atoms with van der Waals surface area (Å²) in [6.45, 7) is 1.68. The first kappa shape index (κ1) is 9.20. The van der Waals surface area contributed by atoms with E-state index in [1.165, 1.54) is 18.2 Å². The molecular weight excluding hydrogens is 179 g/mol. The molecule has 3 heteroatoms. The first-order valence-electron chi connectivity index (χ1n) is 3.50. The van der Waals surface area contributed by atoms with Crippen LogP contribution in [0, 0.1) is 12.7 Å². The normalized spacial score (nSPS) is 9.92. The lowest BCUT2D eigenvalue weighted by Crippen LogP contribution is -2.02. The molecular formula is C9H8ClFO. The Morgan fingerprint density at radius 3 is 2.75 bits per heavy atom. The Morgan fingerprint density at radius 1 is 1.58 bits per heavy atom. The molecule has 0 aliphatic carbocycles. The summed E-state index contributed by atoms with van der Waals surface area (Å²) in [6, 6.07) is 4.03. The van der Waals surface area contributed by atoms with Crippen LogP contribution in [-0.4, -0.2) is 11.7 Å². The van der Waals surface area contributed by atoms with Gasteiger partial charge in [0.2, 0.25) is 0 Å². The van der Waals surface area contributed by atoms with Gasteiger partial charge in [0.1, 0.15) is 5.82 Å². The van der Waals surface area contributed by atoms with Crippen LogP contribution < -0.4 is 0 Å². The molecule has 0 saturated carbocycles. The Kier molecular flexibility index (Phi) is 2.82. The quantitative estimate of drug-likeness (QED) is 0.513. The van der Waals surface area contributed by atoms with Crippen molar-refractivity contribution in [3.8, 4) is 0 Å². The van der Waals surface area contributed by atoms with Crippen molar-refractivity contribution >= 4 is 17.4 Å². The second-order valence-corrected chi connectivity index (χ2v) is 2.78. The topological polar surface area (TPSA) is 17.1 Å². The highest BCUT2D eigenvalue weighted by atomic mass is 35.5. The predicted molar refractivity (Wildman–Crippen MR) is 46.2 cm³/mol. The van der Waals surface area contributed by atoms with Crippen molar-refractivity contribution in [2.75, 3.05) is 5.88 Å². The Balaban J connectivity index is 3.09. The van der Waals surface area contributed by atoms with Crippen molar-refractivity contribution < 1.29 is 9.18 Å². The van der Waals surface area contributed by atoms with Crippen LogP contribution in [0.4, 0.5) is 4.39 Å². The van der Waals surface area contributed by atoms with E-state index in [1.807, 2.05) is 0 Å². The van der Waals surface area contributed by atoms with E-state index >= 15 is 0 Å². The Labute approximate surface area is 75.2 Å². The third kappa shape index (κ3) is 1.83. The van der Waals surface area contributed by atoms with Crippen LogP contribution in [0.2, 0.25) is 0 Å². The van der Waals surface area contributed by atoms with E-state index in [0.717, 1.165) is 0 Å².